The van der Waals surface area contributed by atoms with E-state index in [4.69, 9.17) is 5.73 Å². The molecule has 5 nitrogen and oxygen atoms in total. The Kier molecular flexibility index (Phi) is 4.71. The molecule has 2 aliphatic rings. The van der Waals surface area contributed by atoms with E-state index in [1.54, 1.807) is 23.1 Å². The molecule has 28 heavy (non-hydrogen) atoms. The van der Waals surface area contributed by atoms with Crippen molar-refractivity contribution in [3.63, 3.8) is 0 Å². The Morgan fingerprint density at radius 1 is 1.25 bits per heavy atom. The van der Waals surface area contributed by atoms with Crippen LogP contribution in [0.15, 0.2) is 42.5 Å². The summed E-state index contributed by atoms with van der Waals surface area (Å²) in [6.07, 6.45) is 3.64. The van der Waals surface area contributed by atoms with Crippen molar-refractivity contribution in [3.8, 4) is 0 Å². The van der Waals surface area contributed by atoms with Crippen LogP contribution in [0, 0.1) is 6.07 Å². The molecule has 4 rings (SSSR count). The number of nitrogens with zero attached hydrogens (tertiary/aromatic N) is 2. The zero-order valence-electron chi connectivity index (χ0n) is 16.4. The molecule has 1 radical (unpaired) electrons. The van der Waals surface area contributed by atoms with Crippen molar-refractivity contribution in [1.82, 2.24) is 9.80 Å². The van der Waals surface area contributed by atoms with Crippen LogP contribution in [0.25, 0.3) is 0 Å². The number of hydrogen-bond acceptors (Lipinski definition) is 3. The first-order valence-corrected chi connectivity index (χ1v) is 9.76. The second kappa shape index (κ2) is 7.06. The number of benzene rings is 2. The van der Waals surface area contributed by atoms with Gasteiger partial charge in [-0.2, -0.15) is 0 Å². The highest BCUT2D eigenvalue weighted by molar-refractivity contribution is 6.04. The number of nitrogens with two attached hydrogens (primary N) is 1. The van der Waals surface area contributed by atoms with Crippen LogP contribution in [0.4, 0.5) is 0 Å². The number of primary amides is 1. The van der Waals surface area contributed by atoms with Crippen molar-refractivity contribution in [1.29, 1.82) is 0 Å². The first-order chi connectivity index (χ1) is 13.4. The van der Waals surface area contributed by atoms with Crippen LogP contribution in [0.3, 0.4) is 0 Å². The Hall–Kier alpha value is -2.66. The zero-order valence-corrected chi connectivity index (χ0v) is 16.4. The lowest BCUT2D eigenvalue weighted by Crippen LogP contribution is -2.35. The average molecular weight is 376 g/mol. The van der Waals surface area contributed by atoms with E-state index in [1.807, 2.05) is 0 Å². The third kappa shape index (κ3) is 3.31. The van der Waals surface area contributed by atoms with Gasteiger partial charge < -0.3 is 15.5 Å². The van der Waals surface area contributed by atoms with Crippen LogP contribution >= 0.6 is 0 Å². The molecule has 2 amide bonds. The largest absolute Gasteiger partial charge is 0.368 e. The van der Waals surface area contributed by atoms with Gasteiger partial charge in [0.15, 0.2) is 0 Å². The van der Waals surface area contributed by atoms with Crippen LogP contribution in [0.5, 0.6) is 0 Å². The Bertz CT molecular complexity index is 900. The minimum atomic E-state index is -0.727. The number of rotatable bonds is 7. The molecule has 2 aromatic carbocycles. The lowest BCUT2D eigenvalue weighted by Gasteiger charge is -2.23. The summed E-state index contributed by atoms with van der Waals surface area (Å²) in [4.78, 5) is 28.6. The van der Waals surface area contributed by atoms with Gasteiger partial charge in [-0.05, 0) is 68.1 Å². The van der Waals surface area contributed by atoms with E-state index in [0.717, 1.165) is 12.1 Å². The van der Waals surface area contributed by atoms with Gasteiger partial charge in [-0.1, -0.05) is 42.5 Å². The lowest BCUT2D eigenvalue weighted by atomic mass is 9.91. The molecule has 1 aliphatic heterocycles. The smallest absolute Gasteiger partial charge is 0.256 e. The molecule has 2 N–H and O–H groups in total. The maximum atomic E-state index is 12.8. The summed E-state index contributed by atoms with van der Waals surface area (Å²) in [6, 6.07) is 16.0. The highest BCUT2D eigenvalue weighted by Crippen LogP contribution is 2.51. The van der Waals surface area contributed by atoms with Crippen LogP contribution in [-0.2, 0) is 16.8 Å². The predicted molar refractivity (Wildman–Crippen MR) is 108 cm³/mol. The molecule has 0 saturated heterocycles. The second-order valence-corrected chi connectivity index (χ2v) is 8.27. The maximum absolute atomic E-state index is 12.8. The quantitative estimate of drug-likeness (QED) is 0.808. The highest BCUT2D eigenvalue weighted by atomic mass is 16.2. The van der Waals surface area contributed by atoms with E-state index >= 15 is 0 Å². The van der Waals surface area contributed by atoms with E-state index in [9.17, 15) is 9.59 Å². The SMILES string of the molecule is CN(C)CCC1(c2ccc(CN3C(=O)c4[c]cccc4C3C(N)=O)cc2)CC1. The molecule has 2 aromatic rings. The van der Waals surface area contributed by atoms with Crippen molar-refractivity contribution >= 4 is 11.8 Å². The van der Waals surface area contributed by atoms with E-state index in [2.05, 4.69) is 49.3 Å². The van der Waals surface area contributed by atoms with E-state index < -0.39 is 11.9 Å². The number of hydrogen-bond donors (Lipinski definition) is 1. The average Bonchev–Trinajstić information content (AvgIpc) is 3.42. The van der Waals surface area contributed by atoms with Gasteiger partial charge in [-0.15, -0.1) is 0 Å². The minimum Gasteiger partial charge on any atom is -0.368 e. The fourth-order valence-electron chi connectivity index (χ4n) is 4.19. The minimum absolute atomic E-state index is 0.187. The fourth-order valence-corrected chi connectivity index (χ4v) is 4.19. The van der Waals surface area contributed by atoms with E-state index in [0.29, 0.717) is 23.1 Å². The second-order valence-electron chi connectivity index (χ2n) is 8.27. The van der Waals surface area contributed by atoms with Crippen molar-refractivity contribution in [2.75, 3.05) is 20.6 Å². The van der Waals surface area contributed by atoms with Crippen molar-refractivity contribution in [2.45, 2.75) is 37.3 Å². The zero-order chi connectivity index (χ0) is 19.9. The number of carbonyl (C=O) groups is 2. The number of fused-ring (bicyclic) bond motifs is 1. The van der Waals surface area contributed by atoms with Crippen LogP contribution < -0.4 is 5.73 Å². The number of amides is 2. The molecular weight excluding hydrogens is 350 g/mol. The molecule has 1 aliphatic carbocycles. The summed E-state index contributed by atoms with van der Waals surface area (Å²) in [6.45, 7) is 1.44. The Morgan fingerprint density at radius 2 is 1.96 bits per heavy atom. The summed E-state index contributed by atoms with van der Waals surface area (Å²) in [5.41, 5.74) is 9.39. The Morgan fingerprint density at radius 3 is 2.57 bits per heavy atom. The van der Waals surface area contributed by atoms with Crippen molar-refractivity contribution in [2.24, 2.45) is 5.73 Å². The van der Waals surface area contributed by atoms with Gasteiger partial charge in [-0.3, -0.25) is 9.59 Å². The van der Waals surface area contributed by atoms with Gasteiger partial charge in [0, 0.05) is 6.54 Å². The molecular formula is C23H26N3O2. The summed E-state index contributed by atoms with van der Waals surface area (Å²) in [7, 11) is 4.22. The first-order valence-electron chi connectivity index (χ1n) is 9.76. The summed E-state index contributed by atoms with van der Waals surface area (Å²) in [5, 5.41) is 0. The van der Waals surface area contributed by atoms with E-state index in [1.165, 1.54) is 24.8 Å². The fraction of sp³-hybridized carbons (Fsp3) is 0.391. The van der Waals surface area contributed by atoms with Gasteiger partial charge in [0.2, 0.25) is 5.91 Å². The van der Waals surface area contributed by atoms with Crippen molar-refractivity contribution < 1.29 is 9.59 Å². The monoisotopic (exact) mass is 376 g/mol. The summed E-state index contributed by atoms with van der Waals surface area (Å²) in [5.74, 6) is -0.697. The molecule has 145 valence electrons. The molecule has 0 bridgehead atoms. The maximum Gasteiger partial charge on any atom is 0.256 e. The molecule has 5 heteroatoms. The molecule has 1 heterocycles. The molecule has 1 unspecified atom stereocenters. The predicted octanol–water partition coefficient (Wildman–Crippen LogP) is 2.65. The van der Waals surface area contributed by atoms with Crippen LogP contribution in [0.2, 0.25) is 0 Å². The first kappa shape index (κ1) is 18.7. The third-order valence-corrected chi connectivity index (χ3v) is 6.05. The molecule has 1 atom stereocenters. The van der Waals surface area contributed by atoms with Crippen LogP contribution in [-0.4, -0.2) is 42.3 Å². The topological polar surface area (TPSA) is 66.6 Å². The summed E-state index contributed by atoms with van der Waals surface area (Å²) >= 11 is 0. The lowest BCUT2D eigenvalue weighted by molar-refractivity contribution is -0.122. The van der Waals surface area contributed by atoms with E-state index in [-0.39, 0.29) is 5.91 Å². The molecule has 1 fully saturated rings. The molecule has 0 aromatic heterocycles. The summed E-state index contributed by atoms with van der Waals surface area (Å²) < 4.78 is 0. The van der Waals surface area contributed by atoms with Crippen LogP contribution in [0.1, 0.15) is 52.4 Å². The van der Waals surface area contributed by atoms with Gasteiger partial charge in [0.25, 0.3) is 5.91 Å². The molecule has 0 spiro atoms. The Balaban J connectivity index is 1.52. The third-order valence-electron chi connectivity index (χ3n) is 6.05. The molecule has 1 saturated carbocycles. The normalized spacial score (nSPS) is 19.8. The van der Waals surface area contributed by atoms with Crippen molar-refractivity contribution in [3.05, 3.63) is 70.8 Å². The Labute approximate surface area is 166 Å². The standard InChI is InChI=1S/C23H26N3O2/c1-25(2)14-13-23(11-12-23)17-9-7-16(8-10-17)15-26-20(21(24)27)18-5-3-4-6-19(18)22(26)28/h3-5,7-10,20H,11-15H2,1-2H3,(H2,24,27). The van der Waals surface area contributed by atoms with Gasteiger partial charge in [-0.25, -0.2) is 0 Å². The van der Waals surface area contributed by atoms with Gasteiger partial charge in [0.1, 0.15) is 6.04 Å². The van der Waals surface area contributed by atoms with Gasteiger partial charge >= 0.3 is 0 Å². The highest BCUT2D eigenvalue weighted by Gasteiger charge is 2.44. The van der Waals surface area contributed by atoms with Gasteiger partial charge in [0.05, 0.1) is 5.56 Å². The number of carbonyl (C=O) groups excluding carboxylic acids is 2.